The normalized spacial score (nSPS) is 10.3. The van der Waals surface area contributed by atoms with Crippen molar-refractivity contribution in [1.82, 2.24) is 10.3 Å². The average molecular weight is 351 g/mol. The highest BCUT2D eigenvalue weighted by Gasteiger charge is 2.12. The molecule has 0 unspecified atom stereocenters. The fourth-order valence-electron chi connectivity index (χ4n) is 2.14. The number of nitrogens with one attached hydrogen (secondary N) is 2. The monoisotopic (exact) mass is 351 g/mol. The first kappa shape index (κ1) is 18.1. The molecule has 1 aromatic carbocycles. The molecular weight excluding hydrogens is 332 g/mol. The summed E-state index contributed by atoms with van der Waals surface area (Å²) in [6.45, 7) is 4.31. The molecule has 0 fully saturated rings. The van der Waals surface area contributed by atoms with Crippen molar-refractivity contribution in [2.75, 3.05) is 18.5 Å². The lowest BCUT2D eigenvalue weighted by Crippen LogP contribution is -2.31. The maximum absolute atomic E-state index is 14.0. The second-order valence-electron chi connectivity index (χ2n) is 5.10. The summed E-state index contributed by atoms with van der Waals surface area (Å²) in [6, 6.07) is 6.11. The molecule has 0 aliphatic heterocycles. The van der Waals surface area contributed by atoms with Gasteiger partial charge in [-0.15, -0.1) is 0 Å². The van der Waals surface area contributed by atoms with Crippen LogP contribution in [0.15, 0.2) is 30.5 Å². The molecule has 7 heteroatoms. The van der Waals surface area contributed by atoms with Gasteiger partial charge in [0.1, 0.15) is 23.2 Å². The maximum atomic E-state index is 14.0. The molecule has 0 spiro atoms. The molecule has 0 amide bonds. The van der Waals surface area contributed by atoms with Gasteiger partial charge in [-0.1, -0.05) is 6.07 Å². The Kier molecular flexibility index (Phi) is 6.43. The highest BCUT2D eigenvalue weighted by molar-refractivity contribution is 7.80. The fourth-order valence-corrected chi connectivity index (χ4v) is 2.34. The number of ether oxygens (including phenoxy) is 1. The summed E-state index contributed by atoms with van der Waals surface area (Å²) in [5.41, 5.74) is 0.952. The lowest BCUT2D eigenvalue weighted by molar-refractivity contribution is 0.335. The van der Waals surface area contributed by atoms with Gasteiger partial charge in [0.15, 0.2) is 5.11 Å². The van der Waals surface area contributed by atoms with E-state index in [4.69, 9.17) is 17.0 Å². The molecule has 128 valence electrons. The number of pyridine rings is 1. The SMILES string of the molecule is CCOc1cc(F)c(CCNC(=S)Nc2ncccc2C)c(F)c1. The second kappa shape index (κ2) is 8.54. The number of nitrogens with zero attached hydrogens (tertiary/aromatic N) is 1. The summed E-state index contributed by atoms with van der Waals surface area (Å²) < 4.78 is 33.0. The zero-order valence-electron chi connectivity index (χ0n) is 13.5. The lowest BCUT2D eigenvalue weighted by Gasteiger charge is -2.12. The fraction of sp³-hybridized carbons (Fsp3) is 0.294. The zero-order valence-corrected chi connectivity index (χ0v) is 14.3. The van der Waals surface area contributed by atoms with E-state index in [0.29, 0.717) is 24.1 Å². The minimum Gasteiger partial charge on any atom is -0.494 e. The minimum atomic E-state index is -0.625. The van der Waals surface area contributed by atoms with E-state index in [2.05, 4.69) is 15.6 Å². The number of halogens is 2. The Hall–Kier alpha value is -2.28. The van der Waals surface area contributed by atoms with Crippen LogP contribution in [-0.2, 0) is 6.42 Å². The summed E-state index contributed by atoms with van der Waals surface area (Å²) in [6.07, 6.45) is 1.82. The van der Waals surface area contributed by atoms with Gasteiger partial charge in [0.25, 0.3) is 0 Å². The quantitative estimate of drug-likeness (QED) is 0.779. The number of aryl methyl sites for hydroxylation is 1. The number of benzene rings is 1. The van der Waals surface area contributed by atoms with Crippen LogP contribution in [0.4, 0.5) is 14.6 Å². The van der Waals surface area contributed by atoms with E-state index in [-0.39, 0.29) is 17.7 Å². The molecule has 0 saturated heterocycles. The first-order valence-corrected chi connectivity index (χ1v) is 7.99. The molecule has 4 nitrogen and oxygen atoms in total. The largest absolute Gasteiger partial charge is 0.494 e. The third-order valence-corrected chi connectivity index (χ3v) is 3.57. The van der Waals surface area contributed by atoms with Crippen molar-refractivity contribution in [2.45, 2.75) is 20.3 Å². The second-order valence-corrected chi connectivity index (χ2v) is 5.51. The van der Waals surface area contributed by atoms with Crippen molar-refractivity contribution >= 4 is 23.1 Å². The molecular formula is C17H19F2N3OS. The highest BCUT2D eigenvalue weighted by Crippen LogP contribution is 2.21. The first-order chi connectivity index (χ1) is 11.5. The number of hydrogen-bond donors (Lipinski definition) is 2. The Morgan fingerprint density at radius 2 is 2.00 bits per heavy atom. The van der Waals surface area contributed by atoms with Gasteiger partial charge in [-0.05, 0) is 44.1 Å². The summed E-state index contributed by atoms with van der Waals surface area (Å²) in [5.74, 6) is -0.417. The van der Waals surface area contributed by atoms with Crippen LogP contribution in [0.3, 0.4) is 0 Å². The van der Waals surface area contributed by atoms with Gasteiger partial charge in [-0.25, -0.2) is 13.8 Å². The predicted octanol–water partition coefficient (Wildman–Crippen LogP) is 3.60. The molecule has 0 radical (unpaired) electrons. The molecule has 1 aromatic heterocycles. The summed E-state index contributed by atoms with van der Waals surface area (Å²) >= 11 is 5.16. The molecule has 0 aliphatic rings. The Labute approximate surface area is 145 Å². The van der Waals surface area contributed by atoms with E-state index >= 15 is 0 Å². The minimum absolute atomic E-state index is 0.00256. The van der Waals surface area contributed by atoms with E-state index in [1.807, 2.05) is 19.1 Å². The van der Waals surface area contributed by atoms with E-state index in [0.717, 1.165) is 5.56 Å². The van der Waals surface area contributed by atoms with Gasteiger partial charge in [-0.3, -0.25) is 0 Å². The van der Waals surface area contributed by atoms with Crippen molar-refractivity contribution in [3.63, 3.8) is 0 Å². The van der Waals surface area contributed by atoms with Gasteiger partial charge in [0, 0.05) is 30.4 Å². The molecule has 0 saturated carbocycles. The molecule has 0 atom stereocenters. The highest BCUT2D eigenvalue weighted by atomic mass is 32.1. The number of hydrogen-bond acceptors (Lipinski definition) is 3. The van der Waals surface area contributed by atoms with Crippen LogP contribution in [-0.4, -0.2) is 23.2 Å². The predicted molar refractivity (Wildman–Crippen MR) is 94.4 cm³/mol. The summed E-state index contributed by atoms with van der Waals surface area (Å²) in [4.78, 5) is 4.17. The number of thiocarbonyl (C=S) groups is 1. The zero-order chi connectivity index (χ0) is 17.5. The Balaban J connectivity index is 1.90. The summed E-state index contributed by atoms with van der Waals surface area (Å²) in [5, 5.41) is 6.22. The molecule has 2 rings (SSSR count). The van der Waals surface area contributed by atoms with Gasteiger partial charge < -0.3 is 15.4 Å². The molecule has 24 heavy (non-hydrogen) atoms. The van der Waals surface area contributed by atoms with Crippen LogP contribution in [0, 0.1) is 18.6 Å². The van der Waals surface area contributed by atoms with Crippen LogP contribution in [0.1, 0.15) is 18.1 Å². The standard InChI is InChI=1S/C17H19F2N3OS/c1-3-23-12-9-14(18)13(15(19)10-12)6-8-21-17(24)22-16-11(2)5-4-7-20-16/h4-5,7,9-10H,3,6,8H2,1-2H3,(H2,20,21,22,24). The van der Waals surface area contributed by atoms with E-state index in [9.17, 15) is 8.78 Å². The Bertz CT molecular complexity index is 702. The van der Waals surface area contributed by atoms with Crippen molar-refractivity contribution < 1.29 is 13.5 Å². The molecule has 1 heterocycles. The van der Waals surface area contributed by atoms with Crippen LogP contribution >= 0.6 is 12.2 Å². The third kappa shape index (κ3) is 4.86. The number of aromatic nitrogens is 1. The average Bonchev–Trinajstić information content (AvgIpc) is 2.52. The van der Waals surface area contributed by atoms with Crippen LogP contribution in [0.5, 0.6) is 5.75 Å². The van der Waals surface area contributed by atoms with Crippen LogP contribution in [0.25, 0.3) is 0 Å². The van der Waals surface area contributed by atoms with Crippen molar-refractivity contribution in [3.8, 4) is 5.75 Å². The maximum Gasteiger partial charge on any atom is 0.171 e. The topological polar surface area (TPSA) is 46.2 Å². The number of rotatable bonds is 6. The van der Waals surface area contributed by atoms with E-state index < -0.39 is 11.6 Å². The lowest BCUT2D eigenvalue weighted by atomic mass is 10.1. The molecule has 0 aliphatic carbocycles. The number of anilines is 1. The van der Waals surface area contributed by atoms with E-state index in [1.54, 1.807) is 13.1 Å². The van der Waals surface area contributed by atoms with Gasteiger partial charge in [0.2, 0.25) is 0 Å². The first-order valence-electron chi connectivity index (χ1n) is 7.58. The van der Waals surface area contributed by atoms with Crippen LogP contribution < -0.4 is 15.4 Å². The molecule has 2 N–H and O–H groups in total. The Morgan fingerprint density at radius 1 is 1.29 bits per heavy atom. The third-order valence-electron chi connectivity index (χ3n) is 3.33. The molecule has 2 aromatic rings. The van der Waals surface area contributed by atoms with Crippen molar-refractivity contribution in [3.05, 3.63) is 53.2 Å². The van der Waals surface area contributed by atoms with Gasteiger partial charge >= 0.3 is 0 Å². The Morgan fingerprint density at radius 3 is 2.62 bits per heavy atom. The molecule has 0 bridgehead atoms. The smallest absolute Gasteiger partial charge is 0.171 e. The van der Waals surface area contributed by atoms with Crippen molar-refractivity contribution in [1.29, 1.82) is 0 Å². The summed E-state index contributed by atoms with van der Waals surface area (Å²) in [7, 11) is 0. The van der Waals surface area contributed by atoms with E-state index in [1.165, 1.54) is 12.1 Å². The van der Waals surface area contributed by atoms with Crippen LogP contribution in [0.2, 0.25) is 0 Å². The van der Waals surface area contributed by atoms with Gasteiger partial charge in [0.05, 0.1) is 6.61 Å². The van der Waals surface area contributed by atoms with Crippen molar-refractivity contribution in [2.24, 2.45) is 0 Å². The van der Waals surface area contributed by atoms with Gasteiger partial charge in [-0.2, -0.15) is 0 Å².